The molecule has 0 N–H and O–H groups in total. The molecular formula is C9H18B2N2. The molecule has 0 fully saturated rings. The van der Waals surface area contributed by atoms with Crippen LogP contribution in [0.25, 0.3) is 0 Å². The van der Waals surface area contributed by atoms with Crippen LogP contribution < -0.4 is 0 Å². The van der Waals surface area contributed by atoms with Crippen molar-refractivity contribution in [2.24, 2.45) is 13.0 Å². The fraction of sp³-hybridized carbons (Fsp3) is 0.667. The summed E-state index contributed by atoms with van der Waals surface area (Å²) >= 11 is 0. The van der Waals surface area contributed by atoms with E-state index in [-0.39, 0.29) is 5.21 Å². The largest absolute Gasteiger partial charge is 0.276 e. The molecule has 1 aromatic rings. The van der Waals surface area contributed by atoms with E-state index in [0.717, 1.165) is 0 Å². The van der Waals surface area contributed by atoms with Gasteiger partial charge in [-0.2, -0.15) is 5.10 Å². The predicted molar refractivity (Wildman–Crippen MR) is 61.4 cm³/mol. The van der Waals surface area contributed by atoms with E-state index in [0.29, 0.717) is 5.92 Å². The summed E-state index contributed by atoms with van der Waals surface area (Å²) in [5.74, 6) is 0.691. The van der Waals surface area contributed by atoms with Crippen LogP contribution in [0.2, 0.25) is 0 Å². The second-order valence-corrected chi connectivity index (χ2v) is 4.43. The summed E-state index contributed by atoms with van der Waals surface area (Å²) in [7, 11) is 6.55. The SMILES string of the molecule is BC(B)(c1cnn(C)c1)C(C)CC. The van der Waals surface area contributed by atoms with Gasteiger partial charge in [0.05, 0.1) is 6.20 Å². The summed E-state index contributed by atoms with van der Waals surface area (Å²) in [6.45, 7) is 4.54. The van der Waals surface area contributed by atoms with Crippen molar-refractivity contribution in [3.05, 3.63) is 18.0 Å². The van der Waals surface area contributed by atoms with Gasteiger partial charge in [-0.05, 0) is 11.5 Å². The van der Waals surface area contributed by atoms with Crippen LogP contribution in [0.4, 0.5) is 0 Å². The van der Waals surface area contributed by atoms with E-state index in [9.17, 15) is 0 Å². The summed E-state index contributed by atoms with van der Waals surface area (Å²) in [6.07, 6.45) is 5.31. The van der Waals surface area contributed by atoms with Crippen molar-refractivity contribution in [1.82, 2.24) is 9.78 Å². The first-order valence-electron chi connectivity index (χ1n) is 4.97. The van der Waals surface area contributed by atoms with Gasteiger partial charge in [-0.1, -0.05) is 25.5 Å². The van der Waals surface area contributed by atoms with Crippen LogP contribution in [0, 0.1) is 5.92 Å². The lowest BCUT2D eigenvalue weighted by Gasteiger charge is -2.30. The third-order valence-electron chi connectivity index (χ3n) is 3.29. The van der Waals surface area contributed by atoms with E-state index in [2.05, 4.69) is 40.8 Å². The number of nitrogens with zero attached hydrogens (tertiary/aromatic N) is 2. The van der Waals surface area contributed by atoms with E-state index in [1.165, 1.54) is 12.0 Å². The van der Waals surface area contributed by atoms with E-state index in [4.69, 9.17) is 0 Å². The topological polar surface area (TPSA) is 17.8 Å². The second-order valence-electron chi connectivity index (χ2n) is 4.43. The van der Waals surface area contributed by atoms with Crippen molar-refractivity contribution < 1.29 is 0 Å². The average molecular weight is 176 g/mol. The Labute approximate surface area is 82.5 Å². The van der Waals surface area contributed by atoms with Gasteiger partial charge in [-0.15, -0.1) is 0 Å². The highest BCUT2D eigenvalue weighted by molar-refractivity contribution is 6.40. The van der Waals surface area contributed by atoms with Crippen LogP contribution >= 0.6 is 0 Å². The van der Waals surface area contributed by atoms with Crippen molar-refractivity contribution in [3.63, 3.8) is 0 Å². The number of hydrogen-bond acceptors (Lipinski definition) is 1. The van der Waals surface area contributed by atoms with E-state index in [1.807, 2.05) is 17.9 Å². The molecule has 0 radical (unpaired) electrons. The van der Waals surface area contributed by atoms with Gasteiger partial charge in [-0.3, -0.25) is 4.68 Å². The summed E-state index contributed by atoms with van der Waals surface area (Å²) in [4.78, 5) is 0. The molecule has 13 heavy (non-hydrogen) atoms. The maximum Gasteiger partial charge on any atom is 0.105 e. The molecule has 0 bridgehead atoms. The predicted octanol–water partition coefficient (Wildman–Crippen LogP) is -0.115. The van der Waals surface area contributed by atoms with Gasteiger partial charge in [0.15, 0.2) is 0 Å². The molecule has 1 atom stereocenters. The van der Waals surface area contributed by atoms with Crippen molar-refractivity contribution in [2.75, 3.05) is 0 Å². The first kappa shape index (κ1) is 10.4. The summed E-state index contributed by atoms with van der Waals surface area (Å²) in [6, 6.07) is 0. The fourth-order valence-corrected chi connectivity index (χ4v) is 1.55. The number of rotatable bonds is 3. The minimum atomic E-state index is 0.239. The lowest BCUT2D eigenvalue weighted by atomic mass is 9.46. The zero-order valence-corrected chi connectivity index (χ0v) is 9.33. The molecule has 0 spiro atoms. The van der Waals surface area contributed by atoms with E-state index in [1.54, 1.807) is 0 Å². The molecular weight excluding hydrogens is 158 g/mol. The number of aromatic nitrogens is 2. The minimum Gasteiger partial charge on any atom is -0.276 e. The van der Waals surface area contributed by atoms with E-state index < -0.39 is 0 Å². The van der Waals surface area contributed by atoms with E-state index >= 15 is 0 Å². The molecule has 0 amide bonds. The molecule has 0 aromatic carbocycles. The molecule has 1 heterocycles. The van der Waals surface area contributed by atoms with Crippen molar-refractivity contribution in [1.29, 1.82) is 0 Å². The van der Waals surface area contributed by atoms with Crippen LogP contribution in [0.1, 0.15) is 25.8 Å². The molecule has 0 saturated carbocycles. The van der Waals surface area contributed by atoms with Gasteiger partial charge in [-0.25, -0.2) is 0 Å². The average Bonchev–Trinajstić information content (AvgIpc) is 2.50. The Morgan fingerprint density at radius 2 is 2.23 bits per heavy atom. The van der Waals surface area contributed by atoms with Crippen LogP contribution in [0.15, 0.2) is 12.4 Å². The van der Waals surface area contributed by atoms with Crippen LogP contribution in [0.3, 0.4) is 0 Å². The number of aryl methyl sites for hydroxylation is 1. The minimum absolute atomic E-state index is 0.239. The normalized spacial score (nSPS) is 14.4. The molecule has 0 saturated heterocycles. The Bertz CT molecular complexity index is 281. The fourth-order valence-electron chi connectivity index (χ4n) is 1.55. The van der Waals surface area contributed by atoms with Gasteiger partial charge < -0.3 is 0 Å². The summed E-state index contributed by atoms with van der Waals surface area (Å²) < 4.78 is 1.87. The van der Waals surface area contributed by atoms with Crippen LogP contribution in [-0.2, 0) is 12.3 Å². The zero-order chi connectivity index (χ0) is 10.1. The Hall–Kier alpha value is -0.660. The van der Waals surface area contributed by atoms with Gasteiger partial charge in [0.2, 0.25) is 0 Å². The van der Waals surface area contributed by atoms with Gasteiger partial charge in [0.25, 0.3) is 0 Å². The molecule has 1 unspecified atom stereocenters. The van der Waals surface area contributed by atoms with Crippen molar-refractivity contribution >= 4 is 15.7 Å². The monoisotopic (exact) mass is 176 g/mol. The Morgan fingerprint density at radius 1 is 1.62 bits per heavy atom. The zero-order valence-electron chi connectivity index (χ0n) is 9.33. The molecule has 1 rings (SSSR count). The Kier molecular flexibility index (Phi) is 2.89. The maximum atomic E-state index is 4.22. The summed E-state index contributed by atoms with van der Waals surface area (Å²) in [5.41, 5.74) is 1.34. The van der Waals surface area contributed by atoms with Gasteiger partial charge in [0, 0.05) is 13.2 Å². The smallest absolute Gasteiger partial charge is 0.105 e. The highest BCUT2D eigenvalue weighted by Crippen LogP contribution is 2.27. The van der Waals surface area contributed by atoms with Gasteiger partial charge in [0.1, 0.15) is 15.7 Å². The molecule has 0 aliphatic carbocycles. The maximum absolute atomic E-state index is 4.22. The first-order valence-corrected chi connectivity index (χ1v) is 4.97. The molecule has 70 valence electrons. The molecule has 1 aromatic heterocycles. The standard InChI is InChI=1S/C9H18B2N2/c1-4-7(2)9(10,11)8-5-12-13(3)6-8/h5-7H,4,10-11H2,1-3H3. The van der Waals surface area contributed by atoms with Gasteiger partial charge >= 0.3 is 0 Å². The molecule has 0 aliphatic rings. The summed E-state index contributed by atoms with van der Waals surface area (Å²) in [5, 5.41) is 4.46. The molecule has 2 nitrogen and oxygen atoms in total. The molecule has 4 heteroatoms. The lowest BCUT2D eigenvalue weighted by molar-refractivity contribution is 0.499. The van der Waals surface area contributed by atoms with Crippen LogP contribution in [0.5, 0.6) is 0 Å². The first-order chi connectivity index (χ1) is 5.98. The number of hydrogen-bond donors (Lipinski definition) is 0. The third-order valence-corrected chi connectivity index (χ3v) is 3.29. The highest BCUT2D eigenvalue weighted by Gasteiger charge is 2.27. The van der Waals surface area contributed by atoms with Crippen LogP contribution in [-0.4, -0.2) is 25.5 Å². The quantitative estimate of drug-likeness (QED) is 0.587. The third kappa shape index (κ3) is 1.98. The lowest BCUT2D eigenvalue weighted by Crippen LogP contribution is -2.34. The van der Waals surface area contributed by atoms with Crippen molar-refractivity contribution in [3.8, 4) is 0 Å². The second kappa shape index (κ2) is 3.60. The highest BCUT2D eigenvalue weighted by atomic mass is 15.2. The molecule has 0 aliphatic heterocycles. The Balaban J connectivity index is 2.92. The van der Waals surface area contributed by atoms with Crippen molar-refractivity contribution in [2.45, 2.75) is 25.5 Å². The Morgan fingerprint density at radius 3 is 2.62 bits per heavy atom.